The molecule has 1 aromatic carbocycles. The van der Waals surface area contributed by atoms with E-state index in [-0.39, 0.29) is 24.7 Å². The Hall–Kier alpha value is -1.75. The molecule has 0 radical (unpaired) electrons. The number of carboxylic acid groups (broad SMARTS) is 1. The molecule has 0 saturated heterocycles. The van der Waals surface area contributed by atoms with Gasteiger partial charge in [-0.25, -0.2) is 4.79 Å². The van der Waals surface area contributed by atoms with Gasteiger partial charge in [-0.3, -0.25) is 4.79 Å². The number of halogens is 1. The van der Waals surface area contributed by atoms with Crippen molar-refractivity contribution in [1.82, 2.24) is 9.80 Å². The number of nitrogens with zero attached hydrogens (tertiary/aromatic N) is 2. The zero-order valence-corrected chi connectivity index (χ0v) is 12.9. The van der Waals surface area contributed by atoms with Gasteiger partial charge in [0.2, 0.25) is 0 Å². The van der Waals surface area contributed by atoms with Crippen LogP contribution in [0.5, 0.6) is 0 Å². The van der Waals surface area contributed by atoms with Crippen LogP contribution >= 0.6 is 11.6 Å². The van der Waals surface area contributed by atoms with Crippen molar-refractivity contribution in [3.63, 3.8) is 0 Å². The largest absolute Gasteiger partial charge is 0.480 e. The summed E-state index contributed by atoms with van der Waals surface area (Å²) in [5.41, 5.74) is 0.848. The first kappa shape index (κ1) is 15.6. The van der Waals surface area contributed by atoms with E-state index in [9.17, 15) is 9.59 Å². The van der Waals surface area contributed by atoms with Crippen molar-refractivity contribution in [3.8, 4) is 0 Å². The predicted octanol–water partition coefficient (Wildman–Crippen LogP) is 3.00. The summed E-state index contributed by atoms with van der Waals surface area (Å²) >= 11 is 6.16. The molecule has 0 bridgehead atoms. The normalized spacial score (nSPS) is 15.4. The first-order valence-electron chi connectivity index (χ1n) is 6.91. The van der Waals surface area contributed by atoms with Crippen LogP contribution in [-0.2, 0) is 4.79 Å². The van der Waals surface area contributed by atoms with Crippen molar-refractivity contribution in [2.45, 2.75) is 31.8 Å². The van der Waals surface area contributed by atoms with E-state index in [1.807, 2.05) is 25.1 Å². The molecule has 1 atom stereocenters. The Morgan fingerprint density at radius 2 is 2.00 bits per heavy atom. The number of hydrogen-bond donors (Lipinski definition) is 1. The molecule has 114 valence electrons. The van der Waals surface area contributed by atoms with Crippen LogP contribution in [0.4, 0.5) is 4.79 Å². The molecule has 1 aliphatic carbocycles. The zero-order chi connectivity index (χ0) is 15.6. The summed E-state index contributed by atoms with van der Waals surface area (Å²) < 4.78 is 0. The Labute approximate surface area is 129 Å². The summed E-state index contributed by atoms with van der Waals surface area (Å²) in [4.78, 5) is 26.4. The lowest BCUT2D eigenvalue weighted by Crippen LogP contribution is -2.45. The van der Waals surface area contributed by atoms with Crippen LogP contribution in [0.15, 0.2) is 24.3 Å². The predicted molar refractivity (Wildman–Crippen MR) is 80.4 cm³/mol. The lowest BCUT2D eigenvalue weighted by atomic mass is 10.1. The minimum absolute atomic E-state index is 0.0505. The maximum atomic E-state index is 12.5. The van der Waals surface area contributed by atoms with E-state index in [1.165, 1.54) is 4.90 Å². The maximum absolute atomic E-state index is 12.5. The van der Waals surface area contributed by atoms with Crippen molar-refractivity contribution in [2.75, 3.05) is 13.6 Å². The molecule has 1 N–H and O–H groups in total. The van der Waals surface area contributed by atoms with E-state index in [4.69, 9.17) is 16.7 Å². The average molecular weight is 311 g/mol. The van der Waals surface area contributed by atoms with Gasteiger partial charge in [0.05, 0.1) is 6.04 Å². The van der Waals surface area contributed by atoms with Gasteiger partial charge >= 0.3 is 12.0 Å². The molecule has 5 nitrogen and oxygen atoms in total. The van der Waals surface area contributed by atoms with Gasteiger partial charge in [0.25, 0.3) is 0 Å². The number of urea groups is 1. The molecule has 6 heteroatoms. The molecule has 0 spiro atoms. The summed E-state index contributed by atoms with van der Waals surface area (Å²) in [7, 11) is 1.67. The van der Waals surface area contributed by atoms with Crippen LogP contribution in [0.3, 0.4) is 0 Å². The second-order valence-electron chi connectivity index (χ2n) is 5.34. The third-order valence-electron chi connectivity index (χ3n) is 3.78. The highest BCUT2D eigenvalue weighted by Gasteiger charge is 2.36. The molecule has 21 heavy (non-hydrogen) atoms. The number of amides is 2. The highest BCUT2D eigenvalue weighted by molar-refractivity contribution is 6.31. The van der Waals surface area contributed by atoms with E-state index in [2.05, 4.69) is 0 Å². The maximum Gasteiger partial charge on any atom is 0.323 e. The molecule has 1 saturated carbocycles. The molecule has 2 amide bonds. The second-order valence-corrected chi connectivity index (χ2v) is 5.75. The van der Waals surface area contributed by atoms with E-state index in [1.54, 1.807) is 18.0 Å². The molecule has 0 aromatic heterocycles. The molecule has 1 aromatic rings. The summed E-state index contributed by atoms with van der Waals surface area (Å²) in [6.45, 7) is 1.62. The van der Waals surface area contributed by atoms with Crippen molar-refractivity contribution in [3.05, 3.63) is 34.9 Å². The Morgan fingerprint density at radius 1 is 1.38 bits per heavy atom. The number of carbonyl (C=O) groups excluding carboxylic acids is 1. The number of benzene rings is 1. The fraction of sp³-hybridized carbons (Fsp3) is 0.467. The van der Waals surface area contributed by atoms with E-state index in [0.717, 1.165) is 18.4 Å². The van der Waals surface area contributed by atoms with Crippen LogP contribution in [0.25, 0.3) is 0 Å². The number of aliphatic carboxylic acids is 1. The van der Waals surface area contributed by atoms with Gasteiger partial charge in [-0.2, -0.15) is 0 Å². The van der Waals surface area contributed by atoms with Crippen LogP contribution in [0, 0.1) is 0 Å². The van der Waals surface area contributed by atoms with Crippen molar-refractivity contribution >= 4 is 23.6 Å². The standard InChI is InChI=1S/C15H19ClN2O3/c1-10(12-5-3-4-6-13(12)16)17(2)15(21)18(9-14(19)20)11-7-8-11/h3-6,10-11H,7-9H2,1-2H3,(H,19,20). The second kappa shape index (κ2) is 6.35. The minimum atomic E-state index is -0.992. The fourth-order valence-electron chi connectivity index (χ4n) is 2.28. The smallest absolute Gasteiger partial charge is 0.323 e. The molecular formula is C15H19ClN2O3. The molecule has 2 rings (SSSR count). The van der Waals surface area contributed by atoms with Gasteiger partial charge in [0.15, 0.2) is 0 Å². The SMILES string of the molecule is CC(c1ccccc1Cl)N(C)C(=O)N(CC(=O)O)C1CC1. The van der Waals surface area contributed by atoms with E-state index >= 15 is 0 Å². The summed E-state index contributed by atoms with van der Waals surface area (Å²) in [6, 6.07) is 6.91. The molecule has 0 heterocycles. The van der Waals surface area contributed by atoms with E-state index in [0.29, 0.717) is 5.02 Å². The van der Waals surface area contributed by atoms with Crippen LogP contribution in [0.1, 0.15) is 31.4 Å². The highest BCUT2D eigenvalue weighted by Crippen LogP contribution is 2.31. The van der Waals surface area contributed by atoms with Gasteiger partial charge in [0.1, 0.15) is 6.54 Å². The van der Waals surface area contributed by atoms with Crippen molar-refractivity contribution in [2.24, 2.45) is 0 Å². The van der Waals surface area contributed by atoms with Gasteiger partial charge in [-0.1, -0.05) is 29.8 Å². The topological polar surface area (TPSA) is 60.9 Å². The summed E-state index contributed by atoms with van der Waals surface area (Å²) in [5, 5.41) is 9.56. The van der Waals surface area contributed by atoms with Crippen LogP contribution in [0.2, 0.25) is 5.02 Å². The third kappa shape index (κ3) is 3.67. The van der Waals surface area contributed by atoms with Crippen LogP contribution in [-0.4, -0.2) is 46.5 Å². The lowest BCUT2D eigenvalue weighted by molar-refractivity contribution is -0.137. The fourth-order valence-corrected chi connectivity index (χ4v) is 2.57. The Bertz CT molecular complexity index is 545. The Balaban J connectivity index is 2.13. The number of rotatable bonds is 5. The molecule has 0 aliphatic heterocycles. The van der Waals surface area contributed by atoms with Crippen molar-refractivity contribution < 1.29 is 14.7 Å². The third-order valence-corrected chi connectivity index (χ3v) is 4.12. The van der Waals surface area contributed by atoms with Crippen molar-refractivity contribution in [1.29, 1.82) is 0 Å². The van der Waals surface area contributed by atoms with Gasteiger partial charge in [-0.15, -0.1) is 0 Å². The molecular weight excluding hydrogens is 292 g/mol. The average Bonchev–Trinajstić information content (AvgIpc) is 3.27. The van der Waals surface area contributed by atoms with Gasteiger partial charge < -0.3 is 14.9 Å². The monoisotopic (exact) mass is 310 g/mol. The first-order chi connectivity index (χ1) is 9.91. The molecule has 1 unspecified atom stereocenters. The quantitative estimate of drug-likeness (QED) is 0.909. The highest BCUT2D eigenvalue weighted by atomic mass is 35.5. The molecule has 1 fully saturated rings. The first-order valence-corrected chi connectivity index (χ1v) is 7.29. The Kier molecular flexibility index (Phi) is 4.73. The summed E-state index contributed by atoms with van der Waals surface area (Å²) in [6.07, 6.45) is 1.74. The molecule has 1 aliphatic rings. The summed E-state index contributed by atoms with van der Waals surface area (Å²) in [5.74, 6) is -0.992. The zero-order valence-electron chi connectivity index (χ0n) is 12.1. The number of carbonyl (C=O) groups is 2. The Morgan fingerprint density at radius 3 is 2.52 bits per heavy atom. The van der Waals surface area contributed by atoms with E-state index < -0.39 is 5.97 Å². The van der Waals surface area contributed by atoms with Gasteiger partial charge in [-0.05, 0) is 31.4 Å². The van der Waals surface area contributed by atoms with Gasteiger partial charge in [0, 0.05) is 18.1 Å². The van der Waals surface area contributed by atoms with Crippen LogP contribution < -0.4 is 0 Å². The minimum Gasteiger partial charge on any atom is -0.480 e. The number of carboxylic acids is 1. The number of hydrogen-bond acceptors (Lipinski definition) is 2. The lowest BCUT2D eigenvalue weighted by Gasteiger charge is -2.31.